The van der Waals surface area contributed by atoms with Crippen molar-refractivity contribution in [3.8, 4) is 0 Å². The van der Waals surface area contributed by atoms with Gasteiger partial charge in [-0.05, 0) is 28.8 Å². The third kappa shape index (κ3) is 3.57. The number of aromatic amines is 1. The zero-order chi connectivity index (χ0) is 19.5. The van der Waals surface area contributed by atoms with Gasteiger partial charge in [-0.1, -0.05) is 60.7 Å². The highest BCUT2D eigenvalue weighted by atomic mass is 16.4. The van der Waals surface area contributed by atoms with Crippen LogP contribution in [0.25, 0.3) is 21.7 Å². The first-order chi connectivity index (χ1) is 13.6. The van der Waals surface area contributed by atoms with Crippen molar-refractivity contribution < 1.29 is 14.7 Å². The summed E-state index contributed by atoms with van der Waals surface area (Å²) in [6.45, 7) is 0.0299. The molecule has 1 unspecified atom stereocenters. The van der Waals surface area contributed by atoms with Crippen LogP contribution in [-0.2, 0) is 11.2 Å². The summed E-state index contributed by atoms with van der Waals surface area (Å²) in [6, 6.07) is 21.2. The number of para-hydroxylation sites is 1. The molecule has 0 aliphatic heterocycles. The minimum atomic E-state index is -0.944. The van der Waals surface area contributed by atoms with Gasteiger partial charge in [0.15, 0.2) is 5.69 Å². The van der Waals surface area contributed by atoms with Crippen molar-refractivity contribution in [1.82, 2.24) is 15.5 Å². The molecule has 4 aromatic rings. The van der Waals surface area contributed by atoms with Crippen molar-refractivity contribution in [2.45, 2.75) is 6.42 Å². The Labute approximate surface area is 161 Å². The lowest BCUT2D eigenvalue weighted by Crippen LogP contribution is -2.34. The van der Waals surface area contributed by atoms with Crippen molar-refractivity contribution in [2.24, 2.45) is 5.92 Å². The Morgan fingerprint density at radius 3 is 2.57 bits per heavy atom. The molecule has 0 fully saturated rings. The number of hydrogen-bond acceptors (Lipinski definition) is 3. The van der Waals surface area contributed by atoms with E-state index in [0.29, 0.717) is 11.8 Å². The van der Waals surface area contributed by atoms with E-state index in [1.165, 1.54) is 0 Å². The Morgan fingerprint density at radius 1 is 1.00 bits per heavy atom. The van der Waals surface area contributed by atoms with Gasteiger partial charge in [-0.25, -0.2) is 0 Å². The van der Waals surface area contributed by atoms with Crippen LogP contribution < -0.4 is 5.32 Å². The van der Waals surface area contributed by atoms with Gasteiger partial charge in [0.1, 0.15) is 0 Å². The lowest BCUT2D eigenvalue weighted by Gasteiger charge is -2.14. The smallest absolute Gasteiger partial charge is 0.308 e. The molecule has 3 aromatic carbocycles. The molecule has 0 saturated heterocycles. The minimum Gasteiger partial charge on any atom is -0.481 e. The lowest BCUT2D eigenvalue weighted by molar-refractivity contribution is -0.141. The Kier molecular flexibility index (Phi) is 4.76. The molecule has 1 atom stereocenters. The molecule has 0 bridgehead atoms. The molecule has 1 heterocycles. The Balaban J connectivity index is 1.47. The number of benzene rings is 3. The van der Waals surface area contributed by atoms with E-state index in [1.807, 2.05) is 60.7 Å². The van der Waals surface area contributed by atoms with E-state index in [-0.39, 0.29) is 18.1 Å². The third-order valence-corrected chi connectivity index (χ3v) is 4.84. The number of H-pyrrole nitrogens is 1. The van der Waals surface area contributed by atoms with Gasteiger partial charge in [0.2, 0.25) is 0 Å². The summed E-state index contributed by atoms with van der Waals surface area (Å²) in [4.78, 5) is 24.2. The van der Waals surface area contributed by atoms with E-state index in [9.17, 15) is 14.7 Å². The summed E-state index contributed by atoms with van der Waals surface area (Å²) < 4.78 is 0. The van der Waals surface area contributed by atoms with Gasteiger partial charge >= 0.3 is 5.97 Å². The molecule has 1 aromatic heterocycles. The second-order valence-electron chi connectivity index (χ2n) is 6.75. The number of carboxylic acid groups (broad SMARTS) is 1. The number of nitrogens with one attached hydrogen (secondary N) is 2. The highest BCUT2D eigenvalue weighted by Crippen LogP contribution is 2.19. The van der Waals surface area contributed by atoms with Crippen molar-refractivity contribution >= 4 is 33.6 Å². The molecule has 3 N–H and O–H groups in total. The van der Waals surface area contributed by atoms with E-state index in [4.69, 9.17) is 0 Å². The molecular formula is C22H19N3O3. The second kappa shape index (κ2) is 7.52. The zero-order valence-corrected chi connectivity index (χ0v) is 15.1. The van der Waals surface area contributed by atoms with E-state index in [0.717, 1.165) is 21.9 Å². The third-order valence-electron chi connectivity index (χ3n) is 4.84. The summed E-state index contributed by atoms with van der Waals surface area (Å²) >= 11 is 0. The largest absolute Gasteiger partial charge is 0.481 e. The van der Waals surface area contributed by atoms with Crippen molar-refractivity contribution in [2.75, 3.05) is 6.54 Å². The molecule has 1 amide bonds. The standard InChI is InChI=1S/C22H19N3O3/c26-21(20-18-7-3-4-8-19(18)24-25-20)23-13-17(22(27)28)12-14-9-10-15-5-1-2-6-16(15)11-14/h1-11,17H,12-13H2,(H,23,26)(H,24,25)(H,27,28). The molecule has 0 saturated carbocycles. The minimum absolute atomic E-state index is 0.0299. The fourth-order valence-electron chi connectivity index (χ4n) is 3.33. The monoisotopic (exact) mass is 373 g/mol. The number of carbonyl (C=O) groups is 2. The molecule has 0 aliphatic rings. The number of rotatable bonds is 6. The maximum atomic E-state index is 12.5. The summed E-state index contributed by atoms with van der Waals surface area (Å²) in [5.41, 5.74) is 1.95. The zero-order valence-electron chi connectivity index (χ0n) is 15.1. The van der Waals surface area contributed by atoms with Crippen molar-refractivity contribution in [3.63, 3.8) is 0 Å². The van der Waals surface area contributed by atoms with Gasteiger partial charge in [-0.3, -0.25) is 14.7 Å². The maximum Gasteiger partial charge on any atom is 0.308 e. The number of hydrogen-bond donors (Lipinski definition) is 3. The van der Waals surface area contributed by atoms with Crippen LogP contribution in [-0.4, -0.2) is 33.7 Å². The molecule has 0 radical (unpaired) electrons. The molecule has 6 heteroatoms. The number of aromatic nitrogens is 2. The fourth-order valence-corrected chi connectivity index (χ4v) is 3.33. The average molecular weight is 373 g/mol. The quantitative estimate of drug-likeness (QED) is 0.483. The summed E-state index contributed by atoms with van der Waals surface area (Å²) in [7, 11) is 0. The molecule has 6 nitrogen and oxygen atoms in total. The molecule has 0 aliphatic carbocycles. The van der Waals surface area contributed by atoms with Crippen molar-refractivity contribution in [3.05, 3.63) is 78.0 Å². The SMILES string of the molecule is O=C(NCC(Cc1ccc2ccccc2c1)C(=O)O)c1n[nH]c2ccccc12. The van der Waals surface area contributed by atoms with Crippen LogP contribution in [0.1, 0.15) is 16.1 Å². The number of fused-ring (bicyclic) bond motifs is 2. The molecular weight excluding hydrogens is 354 g/mol. The van der Waals surface area contributed by atoms with E-state index in [1.54, 1.807) is 6.07 Å². The van der Waals surface area contributed by atoms with Gasteiger partial charge in [-0.15, -0.1) is 0 Å². The van der Waals surface area contributed by atoms with Gasteiger partial charge in [-0.2, -0.15) is 5.10 Å². The van der Waals surface area contributed by atoms with Gasteiger partial charge < -0.3 is 10.4 Å². The molecule has 28 heavy (non-hydrogen) atoms. The number of amides is 1. The van der Waals surface area contributed by atoms with Crippen LogP contribution in [0.5, 0.6) is 0 Å². The number of aliphatic carboxylic acids is 1. The molecule has 0 spiro atoms. The highest BCUT2D eigenvalue weighted by Gasteiger charge is 2.21. The van der Waals surface area contributed by atoms with Crippen molar-refractivity contribution in [1.29, 1.82) is 0 Å². The number of carboxylic acids is 1. The van der Waals surface area contributed by atoms with Crippen LogP contribution in [0.4, 0.5) is 0 Å². The Morgan fingerprint density at radius 2 is 1.75 bits per heavy atom. The maximum absolute atomic E-state index is 12.5. The van der Waals surface area contributed by atoms with Crippen LogP contribution in [0.2, 0.25) is 0 Å². The molecule has 4 rings (SSSR count). The Hall–Kier alpha value is -3.67. The predicted molar refractivity (Wildman–Crippen MR) is 107 cm³/mol. The second-order valence-corrected chi connectivity index (χ2v) is 6.75. The normalized spacial score (nSPS) is 12.1. The van der Waals surface area contributed by atoms with E-state index < -0.39 is 11.9 Å². The van der Waals surface area contributed by atoms with Crippen LogP contribution in [0.15, 0.2) is 66.7 Å². The van der Waals surface area contributed by atoms with E-state index in [2.05, 4.69) is 15.5 Å². The van der Waals surface area contributed by atoms with Gasteiger partial charge in [0.05, 0.1) is 11.4 Å². The van der Waals surface area contributed by atoms with Crippen LogP contribution >= 0.6 is 0 Å². The van der Waals surface area contributed by atoms with Crippen LogP contribution in [0.3, 0.4) is 0 Å². The first-order valence-corrected chi connectivity index (χ1v) is 9.03. The number of carbonyl (C=O) groups excluding carboxylic acids is 1. The summed E-state index contributed by atoms with van der Waals surface area (Å²) in [6.07, 6.45) is 0.335. The Bertz CT molecular complexity index is 1170. The lowest BCUT2D eigenvalue weighted by atomic mass is 9.97. The highest BCUT2D eigenvalue weighted by molar-refractivity contribution is 6.04. The van der Waals surface area contributed by atoms with Crippen LogP contribution in [0, 0.1) is 5.92 Å². The van der Waals surface area contributed by atoms with Gasteiger partial charge in [0, 0.05) is 11.9 Å². The summed E-state index contributed by atoms with van der Waals surface area (Å²) in [5, 5.41) is 22.0. The summed E-state index contributed by atoms with van der Waals surface area (Å²) in [5.74, 6) is -2.06. The first-order valence-electron chi connectivity index (χ1n) is 9.03. The predicted octanol–water partition coefficient (Wildman–Crippen LogP) is 3.39. The first kappa shape index (κ1) is 17.7. The van der Waals surface area contributed by atoms with Gasteiger partial charge in [0.25, 0.3) is 5.91 Å². The molecule has 140 valence electrons. The average Bonchev–Trinajstić information content (AvgIpc) is 3.15. The van der Waals surface area contributed by atoms with E-state index >= 15 is 0 Å². The fraction of sp³-hybridized carbons (Fsp3) is 0.136. The number of nitrogens with zero attached hydrogens (tertiary/aromatic N) is 1. The topological polar surface area (TPSA) is 95.1 Å².